The second-order valence-corrected chi connectivity index (χ2v) is 9.14. The lowest BCUT2D eigenvalue weighted by atomic mass is 9.78. The van der Waals surface area contributed by atoms with E-state index in [9.17, 15) is 20.1 Å². The molecule has 8 nitrogen and oxygen atoms in total. The minimum absolute atomic E-state index is 0.335. The van der Waals surface area contributed by atoms with E-state index in [0.29, 0.717) is 6.42 Å². The number of ether oxygens (including phenoxy) is 1. The zero-order valence-corrected chi connectivity index (χ0v) is 18.2. The average molecular weight is 421 g/mol. The Balaban J connectivity index is 1.74. The molecule has 1 aromatic carbocycles. The molecule has 30 heavy (non-hydrogen) atoms. The lowest BCUT2D eigenvalue weighted by molar-refractivity contribution is -0.194. The van der Waals surface area contributed by atoms with Crippen LogP contribution >= 0.6 is 0 Å². The van der Waals surface area contributed by atoms with Crippen molar-refractivity contribution in [2.24, 2.45) is 0 Å². The molecule has 0 aliphatic carbocycles. The topological polar surface area (TPSA) is 117 Å². The quantitative estimate of drug-likeness (QED) is 0.474. The number of rotatable bonds is 5. The van der Waals surface area contributed by atoms with Crippen LogP contribution in [-0.4, -0.2) is 76.6 Å². The smallest absolute Gasteiger partial charge is 0.399 e. The first-order valence-corrected chi connectivity index (χ1v) is 10.3. The van der Waals surface area contributed by atoms with Gasteiger partial charge in [0, 0.05) is 13.3 Å². The van der Waals surface area contributed by atoms with Crippen LogP contribution in [0, 0.1) is 0 Å². The number of carbonyl (C=O) groups excluding carboxylic acids is 1. The van der Waals surface area contributed by atoms with Gasteiger partial charge in [0.15, 0.2) is 0 Å². The highest BCUT2D eigenvalue weighted by Crippen LogP contribution is 2.36. The van der Waals surface area contributed by atoms with Crippen LogP contribution < -0.4 is 10.8 Å². The molecule has 2 saturated heterocycles. The van der Waals surface area contributed by atoms with Crippen molar-refractivity contribution in [2.45, 2.75) is 82.7 Å². The molecule has 2 aliphatic rings. The van der Waals surface area contributed by atoms with Gasteiger partial charge in [-0.3, -0.25) is 4.79 Å². The molecule has 9 heteroatoms. The maximum atomic E-state index is 11.6. The number of aliphatic hydroxyl groups is 3. The first-order chi connectivity index (χ1) is 13.9. The lowest BCUT2D eigenvalue weighted by Crippen LogP contribution is -2.64. The molecule has 2 fully saturated rings. The predicted molar refractivity (Wildman–Crippen MR) is 111 cm³/mol. The second-order valence-electron chi connectivity index (χ2n) is 9.14. The van der Waals surface area contributed by atoms with Gasteiger partial charge in [-0.25, -0.2) is 0 Å². The zero-order chi connectivity index (χ0) is 22.3. The van der Waals surface area contributed by atoms with Gasteiger partial charge in [0.25, 0.3) is 0 Å². The summed E-state index contributed by atoms with van der Waals surface area (Å²) in [7, 11) is -0.460. The van der Waals surface area contributed by atoms with Gasteiger partial charge in [0.05, 0.1) is 30.0 Å². The molecule has 0 aromatic heterocycles. The molecular weight excluding hydrogens is 389 g/mol. The molecule has 5 atom stereocenters. The number of nitrogens with one attached hydrogen (secondary N) is 1. The van der Waals surface area contributed by atoms with Crippen molar-refractivity contribution in [1.29, 1.82) is 0 Å². The standard InChI is InChI=1S/C21H32BNO7/c1-12(25)23-17-15(28-16(11-24)18(26)19(17)27)10-13-6-8-14(9-7-13)22-29-20(2,3)21(4,5)30-22/h6-9,15-19,24,26-27H,10-11H2,1-5H3,(H,23,25)/t15?,16?,17-,18?,19?/m1/s1. The summed E-state index contributed by atoms with van der Waals surface area (Å²) in [5, 5.41) is 32.7. The van der Waals surface area contributed by atoms with E-state index in [1.807, 2.05) is 52.0 Å². The van der Waals surface area contributed by atoms with Gasteiger partial charge < -0.3 is 34.7 Å². The van der Waals surface area contributed by atoms with Gasteiger partial charge in [-0.1, -0.05) is 24.3 Å². The molecular formula is C21H32BNO7. The van der Waals surface area contributed by atoms with Crippen molar-refractivity contribution in [3.8, 4) is 0 Å². The van der Waals surface area contributed by atoms with Crippen LogP contribution in [0.5, 0.6) is 0 Å². The molecule has 4 N–H and O–H groups in total. The van der Waals surface area contributed by atoms with Crippen molar-refractivity contribution < 1.29 is 34.2 Å². The summed E-state index contributed by atoms with van der Waals surface area (Å²) in [4.78, 5) is 11.6. The van der Waals surface area contributed by atoms with E-state index in [2.05, 4.69) is 5.32 Å². The summed E-state index contributed by atoms with van der Waals surface area (Å²) in [6, 6.07) is 6.88. The van der Waals surface area contributed by atoms with Crippen LogP contribution in [0.2, 0.25) is 0 Å². The predicted octanol–water partition coefficient (Wildman–Crippen LogP) is -0.485. The van der Waals surface area contributed by atoms with Gasteiger partial charge in [0.1, 0.15) is 18.3 Å². The Labute approximate surface area is 177 Å². The van der Waals surface area contributed by atoms with Crippen LogP contribution in [0.15, 0.2) is 24.3 Å². The zero-order valence-electron chi connectivity index (χ0n) is 18.2. The number of carbonyl (C=O) groups is 1. The molecule has 2 aliphatic heterocycles. The summed E-state index contributed by atoms with van der Waals surface area (Å²) >= 11 is 0. The van der Waals surface area contributed by atoms with Crippen molar-refractivity contribution in [3.63, 3.8) is 0 Å². The summed E-state index contributed by atoms with van der Waals surface area (Å²) in [5.74, 6) is -0.335. The third kappa shape index (κ3) is 4.56. The van der Waals surface area contributed by atoms with E-state index in [-0.39, 0.29) is 5.91 Å². The number of hydrogen-bond acceptors (Lipinski definition) is 7. The fourth-order valence-electron chi connectivity index (χ4n) is 3.80. The molecule has 0 bridgehead atoms. The largest absolute Gasteiger partial charge is 0.494 e. The number of hydrogen-bond donors (Lipinski definition) is 4. The Morgan fingerprint density at radius 1 is 1.03 bits per heavy atom. The van der Waals surface area contributed by atoms with Crippen LogP contribution in [0.3, 0.4) is 0 Å². The molecule has 166 valence electrons. The molecule has 0 radical (unpaired) electrons. The molecule has 2 heterocycles. The number of amides is 1. The minimum Gasteiger partial charge on any atom is -0.399 e. The molecule has 3 rings (SSSR count). The highest BCUT2D eigenvalue weighted by Gasteiger charge is 2.51. The maximum Gasteiger partial charge on any atom is 0.494 e. The van der Waals surface area contributed by atoms with E-state index in [4.69, 9.17) is 14.0 Å². The Kier molecular flexibility index (Phi) is 6.62. The van der Waals surface area contributed by atoms with Crippen LogP contribution in [-0.2, 0) is 25.3 Å². The summed E-state index contributed by atoms with van der Waals surface area (Å²) in [6.45, 7) is 8.92. The third-order valence-electron chi connectivity index (χ3n) is 6.34. The van der Waals surface area contributed by atoms with Crippen molar-refractivity contribution in [2.75, 3.05) is 6.61 Å². The Morgan fingerprint density at radius 2 is 1.60 bits per heavy atom. The highest BCUT2D eigenvalue weighted by atomic mass is 16.7. The number of benzene rings is 1. The summed E-state index contributed by atoms with van der Waals surface area (Å²) < 4.78 is 17.9. The monoisotopic (exact) mass is 421 g/mol. The van der Waals surface area contributed by atoms with Crippen molar-refractivity contribution in [1.82, 2.24) is 5.32 Å². The van der Waals surface area contributed by atoms with Crippen LogP contribution in [0.25, 0.3) is 0 Å². The average Bonchev–Trinajstić information content (AvgIpc) is 2.89. The van der Waals surface area contributed by atoms with Crippen molar-refractivity contribution >= 4 is 18.5 Å². The SMILES string of the molecule is CC(=O)N[C@@H]1C(Cc2ccc(B3OC(C)(C)C(C)(C)O3)cc2)OC(CO)C(O)C1O. The van der Waals surface area contributed by atoms with Crippen LogP contribution in [0.1, 0.15) is 40.2 Å². The van der Waals surface area contributed by atoms with E-state index in [1.165, 1.54) is 6.92 Å². The minimum atomic E-state index is -1.28. The van der Waals surface area contributed by atoms with E-state index < -0.39 is 55.4 Å². The molecule has 4 unspecified atom stereocenters. The highest BCUT2D eigenvalue weighted by molar-refractivity contribution is 6.62. The van der Waals surface area contributed by atoms with E-state index >= 15 is 0 Å². The Bertz CT molecular complexity index is 738. The first kappa shape index (κ1) is 23.2. The van der Waals surface area contributed by atoms with Gasteiger partial charge in [-0.2, -0.15) is 0 Å². The van der Waals surface area contributed by atoms with Gasteiger partial charge in [-0.15, -0.1) is 0 Å². The Morgan fingerprint density at radius 3 is 2.10 bits per heavy atom. The van der Waals surface area contributed by atoms with Gasteiger partial charge in [-0.05, 0) is 38.7 Å². The van der Waals surface area contributed by atoms with Crippen molar-refractivity contribution in [3.05, 3.63) is 29.8 Å². The first-order valence-electron chi connectivity index (χ1n) is 10.3. The van der Waals surface area contributed by atoms with Crippen LogP contribution in [0.4, 0.5) is 0 Å². The lowest BCUT2D eigenvalue weighted by Gasteiger charge is -2.42. The normalized spacial score (nSPS) is 32.8. The number of aliphatic hydroxyl groups excluding tert-OH is 3. The molecule has 1 amide bonds. The fraction of sp³-hybridized carbons (Fsp3) is 0.667. The fourth-order valence-corrected chi connectivity index (χ4v) is 3.80. The van der Waals surface area contributed by atoms with E-state index in [0.717, 1.165) is 11.0 Å². The van der Waals surface area contributed by atoms with Gasteiger partial charge in [0.2, 0.25) is 5.91 Å². The summed E-state index contributed by atoms with van der Waals surface area (Å²) in [5.41, 5.74) is 0.961. The molecule has 0 spiro atoms. The van der Waals surface area contributed by atoms with Gasteiger partial charge >= 0.3 is 7.12 Å². The maximum absolute atomic E-state index is 11.6. The summed E-state index contributed by atoms with van der Waals surface area (Å²) in [6.07, 6.45) is -3.66. The third-order valence-corrected chi connectivity index (χ3v) is 6.34. The second kappa shape index (κ2) is 8.57. The van der Waals surface area contributed by atoms with E-state index in [1.54, 1.807) is 0 Å². The molecule has 1 aromatic rings. The Hall–Kier alpha value is -1.49. The molecule has 0 saturated carbocycles.